The molecule has 5 nitrogen and oxygen atoms in total. The maximum absolute atomic E-state index is 13.4. The fourth-order valence-corrected chi connectivity index (χ4v) is 3.49. The molecular weight excluding hydrogens is 369 g/mol. The van der Waals surface area contributed by atoms with Crippen molar-refractivity contribution in [2.45, 2.75) is 12.5 Å². The van der Waals surface area contributed by atoms with Gasteiger partial charge in [0.1, 0.15) is 11.9 Å². The van der Waals surface area contributed by atoms with Crippen molar-refractivity contribution in [1.29, 1.82) is 0 Å². The predicted molar refractivity (Wildman–Crippen MR) is 110 cm³/mol. The summed E-state index contributed by atoms with van der Waals surface area (Å²) < 4.78 is 13.1. The standard InChI is InChI=1S/C23H20FN3O2/c24-18-10-12-19(13-11-18)25-23(29)26-21(17-7-2-1-3-8-17)22(28)27-15-14-16-6-4-5-9-20(16)27/h1-13,21H,14-15H2,(H2,25,26,29). The first-order valence-electron chi connectivity index (χ1n) is 9.39. The number of carbonyl (C=O) groups excluding carboxylic acids is 2. The van der Waals surface area contributed by atoms with Crippen LogP contribution in [0.5, 0.6) is 0 Å². The Kier molecular flexibility index (Phi) is 5.24. The molecule has 0 fully saturated rings. The number of nitrogens with one attached hydrogen (secondary N) is 2. The number of halogens is 1. The smallest absolute Gasteiger partial charge is 0.320 e. The van der Waals surface area contributed by atoms with Crippen LogP contribution in [0.3, 0.4) is 0 Å². The molecule has 3 aromatic rings. The van der Waals surface area contributed by atoms with Crippen LogP contribution in [0.2, 0.25) is 0 Å². The van der Waals surface area contributed by atoms with E-state index < -0.39 is 12.1 Å². The lowest BCUT2D eigenvalue weighted by atomic mass is 10.1. The van der Waals surface area contributed by atoms with Crippen molar-refractivity contribution in [3.63, 3.8) is 0 Å². The van der Waals surface area contributed by atoms with Gasteiger partial charge in [0, 0.05) is 17.9 Å². The second kappa shape index (κ2) is 8.14. The summed E-state index contributed by atoms with van der Waals surface area (Å²) in [5.41, 5.74) is 3.12. The topological polar surface area (TPSA) is 61.4 Å². The third-order valence-corrected chi connectivity index (χ3v) is 4.91. The highest BCUT2D eigenvalue weighted by Gasteiger charge is 2.32. The van der Waals surface area contributed by atoms with E-state index in [1.165, 1.54) is 24.3 Å². The lowest BCUT2D eigenvalue weighted by molar-refractivity contribution is -0.120. The van der Waals surface area contributed by atoms with E-state index in [0.29, 0.717) is 17.8 Å². The molecular formula is C23H20FN3O2. The van der Waals surface area contributed by atoms with Crippen LogP contribution in [0.15, 0.2) is 78.9 Å². The number of carbonyl (C=O) groups is 2. The van der Waals surface area contributed by atoms with Crippen molar-refractivity contribution in [2.75, 3.05) is 16.8 Å². The zero-order valence-corrected chi connectivity index (χ0v) is 15.6. The Morgan fingerprint density at radius 3 is 2.34 bits per heavy atom. The minimum Gasteiger partial charge on any atom is -0.322 e. The number of amides is 3. The van der Waals surface area contributed by atoms with Gasteiger partial charge in [0.2, 0.25) is 0 Å². The Labute approximate surface area is 168 Å². The van der Waals surface area contributed by atoms with Gasteiger partial charge in [-0.25, -0.2) is 9.18 Å². The lowest BCUT2D eigenvalue weighted by Gasteiger charge is -2.25. The van der Waals surface area contributed by atoms with Gasteiger partial charge in [-0.15, -0.1) is 0 Å². The highest BCUT2D eigenvalue weighted by molar-refractivity contribution is 6.02. The number of fused-ring (bicyclic) bond motifs is 1. The van der Waals surface area contributed by atoms with Gasteiger partial charge < -0.3 is 15.5 Å². The first-order valence-corrected chi connectivity index (χ1v) is 9.39. The van der Waals surface area contributed by atoms with Crippen LogP contribution in [0.1, 0.15) is 17.2 Å². The molecule has 0 saturated carbocycles. The number of anilines is 2. The van der Waals surface area contributed by atoms with E-state index in [2.05, 4.69) is 10.6 Å². The number of para-hydroxylation sites is 1. The van der Waals surface area contributed by atoms with E-state index in [1.54, 1.807) is 4.90 Å². The number of urea groups is 1. The first-order chi connectivity index (χ1) is 14.1. The Morgan fingerprint density at radius 2 is 1.59 bits per heavy atom. The highest BCUT2D eigenvalue weighted by Crippen LogP contribution is 2.30. The molecule has 1 aliphatic rings. The summed E-state index contributed by atoms with van der Waals surface area (Å²) in [4.78, 5) is 27.6. The van der Waals surface area contributed by atoms with E-state index in [9.17, 15) is 14.0 Å². The fourth-order valence-electron chi connectivity index (χ4n) is 3.49. The molecule has 0 radical (unpaired) electrons. The number of rotatable bonds is 4. The average Bonchev–Trinajstić information content (AvgIpc) is 3.18. The van der Waals surface area contributed by atoms with Crippen molar-refractivity contribution >= 4 is 23.3 Å². The molecule has 0 saturated heterocycles. The Bertz CT molecular complexity index is 1020. The van der Waals surface area contributed by atoms with E-state index in [-0.39, 0.29) is 11.7 Å². The van der Waals surface area contributed by atoms with Crippen LogP contribution in [0.4, 0.5) is 20.6 Å². The Hall–Kier alpha value is -3.67. The van der Waals surface area contributed by atoms with Gasteiger partial charge in [-0.05, 0) is 47.9 Å². The van der Waals surface area contributed by atoms with Gasteiger partial charge >= 0.3 is 6.03 Å². The Morgan fingerprint density at radius 1 is 0.897 bits per heavy atom. The number of hydrogen-bond donors (Lipinski definition) is 2. The van der Waals surface area contributed by atoms with E-state index in [0.717, 1.165) is 17.7 Å². The maximum atomic E-state index is 13.4. The van der Waals surface area contributed by atoms with Gasteiger partial charge in [-0.3, -0.25) is 4.79 Å². The zero-order valence-electron chi connectivity index (χ0n) is 15.6. The summed E-state index contributed by atoms with van der Waals surface area (Å²) in [7, 11) is 0. The largest absolute Gasteiger partial charge is 0.322 e. The zero-order chi connectivity index (χ0) is 20.2. The summed E-state index contributed by atoms with van der Waals surface area (Å²) in [5.74, 6) is -0.587. The van der Waals surface area contributed by atoms with Crippen LogP contribution in [0, 0.1) is 5.82 Å². The summed E-state index contributed by atoms with van der Waals surface area (Å²) in [6.07, 6.45) is 0.783. The molecule has 6 heteroatoms. The molecule has 1 aliphatic heterocycles. The molecule has 3 aromatic carbocycles. The second-order valence-electron chi connectivity index (χ2n) is 6.82. The maximum Gasteiger partial charge on any atom is 0.320 e. The van der Waals surface area contributed by atoms with Crippen molar-refractivity contribution in [3.05, 3.63) is 95.8 Å². The van der Waals surface area contributed by atoms with Crippen molar-refractivity contribution < 1.29 is 14.0 Å². The molecule has 0 spiro atoms. The number of benzene rings is 3. The number of nitrogens with zero attached hydrogens (tertiary/aromatic N) is 1. The van der Waals surface area contributed by atoms with Crippen LogP contribution >= 0.6 is 0 Å². The summed E-state index contributed by atoms with van der Waals surface area (Å²) >= 11 is 0. The molecule has 1 unspecified atom stereocenters. The molecule has 29 heavy (non-hydrogen) atoms. The monoisotopic (exact) mass is 389 g/mol. The summed E-state index contributed by atoms with van der Waals surface area (Å²) in [5, 5.41) is 5.42. The van der Waals surface area contributed by atoms with Crippen LogP contribution < -0.4 is 15.5 Å². The van der Waals surface area contributed by atoms with Gasteiger partial charge in [0.25, 0.3) is 5.91 Å². The first kappa shape index (κ1) is 18.7. The minimum absolute atomic E-state index is 0.199. The van der Waals surface area contributed by atoms with Gasteiger partial charge in [-0.1, -0.05) is 48.5 Å². The van der Waals surface area contributed by atoms with Gasteiger partial charge in [0.05, 0.1) is 0 Å². The fraction of sp³-hybridized carbons (Fsp3) is 0.130. The normalized spacial score (nSPS) is 13.5. The van der Waals surface area contributed by atoms with Crippen molar-refractivity contribution in [1.82, 2.24) is 5.32 Å². The average molecular weight is 389 g/mol. The SMILES string of the molecule is O=C(Nc1ccc(F)cc1)NC(C(=O)N1CCc2ccccc21)c1ccccc1. The predicted octanol–water partition coefficient (Wildman–Crippen LogP) is 4.28. The van der Waals surface area contributed by atoms with Crippen LogP contribution in [0.25, 0.3) is 0 Å². The molecule has 4 rings (SSSR count). The molecule has 1 heterocycles. The molecule has 1 atom stereocenters. The third-order valence-electron chi connectivity index (χ3n) is 4.91. The van der Waals surface area contributed by atoms with Gasteiger partial charge in [-0.2, -0.15) is 0 Å². The molecule has 3 amide bonds. The molecule has 146 valence electrons. The van der Waals surface area contributed by atoms with Gasteiger partial charge in [0.15, 0.2) is 0 Å². The van der Waals surface area contributed by atoms with Crippen molar-refractivity contribution in [3.8, 4) is 0 Å². The van der Waals surface area contributed by atoms with Crippen LogP contribution in [-0.4, -0.2) is 18.5 Å². The third kappa shape index (κ3) is 4.11. The Balaban J connectivity index is 1.56. The molecule has 0 bridgehead atoms. The van der Waals surface area contributed by atoms with Crippen molar-refractivity contribution in [2.24, 2.45) is 0 Å². The molecule has 2 N–H and O–H groups in total. The van der Waals surface area contributed by atoms with E-state index in [1.807, 2.05) is 54.6 Å². The lowest BCUT2D eigenvalue weighted by Crippen LogP contribution is -2.43. The molecule has 0 aliphatic carbocycles. The second-order valence-corrected chi connectivity index (χ2v) is 6.82. The van der Waals surface area contributed by atoms with Crippen LogP contribution in [-0.2, 0) is 11.2 Å². The number of hydrogen-bond acceptors (Lipinski definition) is 2. The minimum atomic E-state index is -0.845. The van der Waals surface area contributed by atoms with E-state index in [4.69, 9.17) is 0 Å². The summed E-state index contributed by atoms with van der Waals surface area (Å²) in [6.45, 7) is 0.572. The quantitative estimate of drug-likeness (QED) is 0.700. The summed E-state index contributed by atoms with van der Waals surface area (Å²) in [6, 6.07) is 21.0. The highest BCUT2D eigenvalue weighted by atomic mass is 19.1. The van der Waals surface area contributed by atoms with E-state index >= 15 is 0 Å². The molecule has 0 aromatic heterocycles.